The first kappa shape index (κ1) is 18.0. The first-order valence-corrected chi connectivity index (χ1v) is 8.55. The number of benzene rings is 1. The average Bonchev–Trinajstić information content (AvgIpc) is 2.98. The second-order valence-electron chi connectivity index (χ2n) is 7.18. The van der Waals surface area contributed by atoms with Crippen LogP contribution in [-0.4, -0.2) is 29.5 Å². The summed E-state index contributed by atoms with van der Waals surface area (Å²) in [5.41, 5.74) is 11.5. The molecule has 1 aromatic carbocycles. The summed E-state index contributed by atoms with van der Waals surface area (Å²) in [6.07, 6.45) is 2.34. The van der Waals surface area contributed by atoms with Crippen LogP contribution in [0.2, 0.25) is 0 Å². The van der Waals surface area contributed by atoms with E-state index >= 15 is 0 Å². The Morgan fingerprint density at radius 3 is 2.85 bits per heavy atom. The highest BCUT2D eigenvalue weighted by atomic mass is 16.6. The quantitative estimate of drug-likeness (QED) is 0.439. The highest BCUT2D eigenvalue weighted by Crippen LogP contribution is 2.30. The van der Waals surface area contributed by atoms with Crippen LogP contribution in [0.1, 0.15) is 38.4 Å². The lowest BCUT2D eigenvalue weighted by atomic mass is 10.1. The summed E-state index contributed by atoms with van der Waals surface area (Å²) < 4.78 is 12.6. The number of fused-ring (bicyclic) bond motifs is 1. The normalized spacial score (nSPS) is 14.7. The third-order valence-electron chi connectivity index (χ3n) is 4.05. The van der Waals surface area contributed by atoms with Crippen LogP contribution in [0.25, 0.3) is 26.9 Å². The summed E-state index contributed by atoms with van der Waals surface area (Å²) in [7, 11) is 0. The van der Waals surface area contributed by atoms with Crippen molar-refractivity contribution in [2.45, 2.75) is 39.3 Å². The molecule has 0 radical (unpaired) electrons. The predicted molar refractivity (Wildman–Crippen MR) is 99.8 cm³/mol. The van der Waals surface area contributed by atoms with Crippen molar-refractivity contribution in [2.75, 3.05) is 13.2 Å². The number of rotatable bonds is 3. The van der Waals surface area contributed by atoms with Crippen molar-refractivity contribution in [1.29, 1.82) is 0 Å². The molecule has 0 unspecified atom stereocenters. The molecule has 0 spiro atoms. The molecule has 1 aliphatic heterocycles. The molecule has 2 heterocycles. The van der Waals surface area contributed by atoms with Gasteiger partial charge in [-0.2, -0.15) is 0 Å². The van der Waals surface area contributed by atoms with E-state index in [9.17, 15) is 4.79 Å². The fourth-order valence-electron chi connectivity index (χ4n) is 2.98. The topological polar surface area (TPSA) is 89.2 Å². The molecular formula is C19H22N4O3. The first-order chi connectivity index (χ1) is 12.4. The Morgan fingerprint density at radius 1 is 1.38 bits per heavy atom. The molecular weight excluding hydrogens is 332 g/mol. The van der Waals surface area contributed by atoms with Gasteiger partial charge in [0.1, 0.15) is 5.60 Å². The van der Waals surface area contributed by atoms with Crippen LogP contribution in [0.4, 0.5) is 4.79 Å². The number of nitrogens with zero attached hydrogens (tertiary/aromatic N) is 4. The number of carbonyl (C=O) groups is 1. The summed E-state index contributed by atoms with van der Waals surface area (Å²) in [5.74, 6) is 0. The molecule has 0 amide bonds. The van der Waals surface area contributed by atoms with Crippen LogP contribution < -0.4 is 0 Å². The van der Waals surface area contributed by atoms with Crippen molar-refractivity contribution in [3.8, 4) is 0 Å². The van der Waals surface area contributed by atoms with Crippen LogP contribution in [0, 0.1) is 0 Å². The summed E-state index contributed by atoms with van der Waals surface area (Å²) in [5, 5.41) is 4.51. The lowest BCUT2D eigenvalue weighted by Gasteiger charge is -2.22. The Morgan fingerprint density at radius 2 is 2.19 bits per heavy atom. The van der Waals surface area contributed by atoms with Gasteiger partial charge in [0.2, 0.25) is 0 Å². The number of hydrogen-bond donors (Lipinski definition) is 0. The zero-order valence-corrected chi connectivity index (χ0v) is 15.2. The molecule has 0 saturated carbocycles. The number of hydrogen-bond acceptors (Lipinski definition) is 4. The first-order valence-electron chi connectivity index (χ1n) is 8.55. The molecule has 26 heavy (non-hydrogen) atoms. The maximum Gasteiger partial charge on any atom is 0.419 e. The van der Waals surface area contributed by atoms with E-state index in [2.05, 4.69) is 10.0 Å². The Balaban J connectivity index is 2.12. The molecule has 3 rings (SSSR count). The van der Waals surface area contributed by atoms with Gasteiger partial charge >= 0.3 is 6.09 Å². The second kappa shape index (κ2) is 7.23. The van der Waals surface area contributed by atoms with Crippen LogP contribution in [0.3, 0.4) is 0 Å². The van der Waals surface area contributed by atoms with Crippen LogP contribution >= 0.6 is 0 Å². The van der Waals surface area contributed by atoms with Crippen molar-refractivity contribution in [3.63, 3.8) is 0 Å². The van der Waals surface area contributed by atoms with Gasteiger partial charge in [-0.15, -0.1) is 0 Å². The van der Waals surface area contributed by atoms with Gasteiger partial charge in [-0.05, 0) is 62.1 Å². The number of carbonyl (C=O) groups excluding carboxylic acids is 1. The van der Waals surface area contributed by atoms with E-state index in [1.54, 1.807) is 4.57 Å². The van der Waals surface area contributed by atoms with Crippen LogP contribution in [0.15, 0.2) is 35.5 Å². The van der Waals surface area contributed by atoms with Crippen molar-refractivity contribution in [1.82, 2.24) is 4.57 Å². The van der Waals surface area contributed by atoms with Gasteiger partial charge in [-0.1, -0.05) is 17.3 Å². The van der Waals surface area contributed by atoms with Crippen LogP contribution in [-0.2, 0) is 16.0 Å². The van der Waals surface area contributed by atoms with E-state index < -0.39 is 11.7 Å². The molecule has 0 N–H and O–H groups in total. The van der Waals surface area contributed by atoms with E-state index in [1.165, 1.54) is 0 Å². The van der Waals surface area contributed by atoms with Gasteiger partial charge in [-0.3, -0.25) is 0 Å². The molecule has 0 aliphatic carbocycles. The molecule has 1 aliphatic rings. The van der Waals surface area contributed by atoms with E-state index in [1.807, 2.05) is 51.1 Å². The van der Waals surface area contributed by atoms with Gasteiger partial charge in [0.15, 0.2) is 0 Å². The molecule has 7 heteroatoms. The highest BCUT2D eigenvalue weighted by molar-refractivity contribution is 5.95. The van der Waals surface area contributed by atoms with E-state index in [0.29, 0.717) is 13.2 Å². The van der Waals surface area contributed by atoms with Gasteiger partial charge < -0.3 is 9.47 Å². The zero-order valence-electron chi connectivity index (χ0n) is 15.2. The molecule has 0 fully saturated rings. The fraction of sp³-hybridized carbons (Fsp3) is 0.421. The molecule has 2 aromatic rings. The molecule has 7 nitrogen and oxygen atoms in total. The summed E-state index contributed by atoms with van der Waals surface area (Å²) in [4.78, 5) is 15.7. The third kappa shape index (κ3) is 3.90. The van der Waals surface area contributed by atoms with Gasteiger partial charge in [-0.25, -0.2) is 9.36 Å². The lowest BCUT2D eigenvalue weighted by Crippen LogP contribution is -2.28. The van der Waals surface area contributed by atoms with Gasteiger partial charge in [0, 0.05) is 10.3 Å². The summed E-state index contributed by atoms with van der Waals surface area (Å²) in [6, 6.07) is 7.65. The molecule has 0 bridgehead atoms. The second-order valence-corrected chi connectivity index (χ2v) is 7.18. The minimum absolute atomic E-state index is 0.274. The maximum atomic E-state index is 12.9. The fourth-order valence-corrected chi connectivity index (χ4v) is 2.98. The average molecular weight is 354 g/mol. The van der Waals surface area contributed by atoms with Crippen molar-refractivity contribution in [3.05, 3.63) is 52.0 Å². The highest BCUT2D eigenvalue weighted by Gasteiger charge is 2.24. The largest absolute Gasteiger partial charge is 0.443 e. The number of aromatic nitrogens is 1. The van der Waals surface area contributed by atoms with E-state index in [0.717, 1.165) is 34.2 Å². The van der Waals surface area contributed by atoms with E-state index in [-0.39, 0.29) is 6.54 Å². The summed E-state index contributed by atoms with van der Waals surface area (Å²) >= 11 is 0. The van der Waals surface area contributed by atoms with Gasteiger partial charge in [0.05, 0.1) is 31.0 Å². The minimum Gasteiger partial charge on any atom is -0.443 e. The minimum atomic E-state index is -0.587. The van der Waals surface area contributed by atoms with Gasteiger partial charge in [0.25, 0.3) is 0 Å². The van der Waals surface area contributed by atoms with Crippen molar-refractivity contribution < 1.29 is 14.3 Å². The van der Waals surface area contributed by atoms with Crippen molar-refractivity contribution >= 4 is 22.6 Å². The third-order valence-corrected chi connectivity index (χ3v) is 4.05. The standard InChI is InChI=1S/C19H22N4O3/c1-19(2,3)26-18(24)23-16-5-4-13(12-21-22-20)10-15(16)11-17(23)14-6-8-25-9-7-14/h4-6,10-11H,7-9,12H2,1-3H3. The Bertz CT molecular complexity index is 915. The number of ether oxygens (including phenoxy) is 2. The Hall–Kier alpha value is -2.76. The Kier molecular flexibility index (Phi) is 5.02. The SMILES string of the molecule is CC(C)(C)OC(=O)n1c(C2=CCOCC2)cc2cc(CN=[N+]=[N-])ccc21. The molecule has 1 aromatic heterocycles. The Labute approximate surface area is 151 Å². The summed E-state index contributed by atoms with van der Waals surface area (Å²) in [6.45, 7) is 6.99. The lowest BCUT2D eigenvalue weighted by molar-refractivity contribution is 0.0542. The smallest absolute Gasteiger partial charge is 0.419 e. The predicted octanol–water partition coefficient (Wildman–Crippen LogP) is 5.04. The number of azide groups is 1. The molecule has 0 saturated heterocycles. The monoisotopic (exact) mass is 354 g/mol. The van der Waals surface area contributed by atoms with Crippen LogP contribution in [0.5, 0.6) is 0 Å². The van der Waals surface area contributed by atoms with E-state index in [4.69, 9.17) is 15.0 Å². The molecule has 0 atom stereocenters. The zero-order chi connectivity index (χ0) is 18.7. The molecule has 136 valence electrons. The maximum absolute atomic E-state index is 12.9. The van der Waals surface area contributed by atoms with Crippen molar-refractivity contribution in [2.24, 2.45) is 5.11 Å².